The normalized spacial score (nSPS) is 12.8. The van der Waals surface area contributed by atoms with E-state index in [0.29, 0.717) is 0 Å². The second-order valence-corrected chi connectivity index (χ2v) is 16.2. The summed E-state index contributed by atoms with van der Waals surface area (Å²) in [6.45, 7) is 10.7. The van der Waals surface area contributed by atoms with E-state index in [4.69, 9.17) is 9.47 Å². The monoisotopic (exact) mass is 613 g/mol. The highest BCUT2D eigenvalue weighted by molar-refractivity contribution is 4.79. The summed E-state index contributed by atoms with van der Waals surface area (Å²) in [7, 11) is 14.2. The van der Waals surface area contributed by atoms with Gasteiger partial charge in [0.2, 0.25) is 0 Å². The van der Waals surface area contributed by atoms with Crippen molar-refractivity contribution < 1.29 is 18.4 Å². The number of rotatable bonds is 34. The summed E-state index contributed by atoms with van der Waals surface area (Å²) < 4.78 is 14.4. The van der Waals surface area contributed by atoms with E-state index in [1.165, 1.54) is 167 Å². The predicted octanol–water partition coefficient (Wildman–Crippen LogP) is 10.8. The molecule has 0 radical (unpaired) electrons. The van der Waals surface area contributed by atoms with Crippen LogP contribution in [0.3, 0.4) is 0 Å². The van der Waals surface area contributed by atoms with Gasteiger partial charge in [0.25, 0.3) is 0 Å². The SMILES string of the molecule is CCCCCCCCCCCCCCOCC(CCCCCCCCOCCCCCCC)(C[N+](C)(C)C)C[N+](C)(C)C. The van der Waals surface area contributed by atoms with Crippen molar-refractivity contribution in [3.63, 3.8) is 0 Å². The van der Waals surface area contributed by atoms with Crippen LogP contribution >= 0.6 is 0 Å². The molecule has 0 fully saturated rings. The van der Waals surface area contributed by atoms with Gasteiger partial charge in [-0.05, 0) is 25.7 Å². The first kappa shape index (κ1) is 42.8. The third-order valence-corrected chi connectivity index (χ3v) is 8.81. The van der Waals surface area contributed by atoms with Crippen molar-refractivity contribution in [2.24, 2.45) is 5.41 Å². The van der Waals surface area contributed by atoms with Gasteiger partial charge >= 0.3 is 0 Å². The molecule has 0 spiro atoms. The third kappa shape index (κ3) is 31.6. The van der Waals surface area contributed by atoms with Crippen LogP contribution in [0.2, 0.25) is 0 Å². The number of ether oxygens (including phenoxy) is 2. The topological polar surface area (TPSA) is 18.5 Å². The fourth-order valence-electron chi connectivity index (χ4n) is 7.04. The summed E-state index contributed by atoms with van der Waals surface area (Å²) in [4.78, 5) is 0. The van der Waals surface area contributed by atoms with Gasteiger partial charge in [0.15, 0.2) is 0 Å². The Morgan fingerprint density at radius 3 is 1.02 bits per heavy atom. The average molecular weight is 613 g/mol. The fourth-order valence-corrected chi connectivity index (χ4v) is 7.04. The van der Waals surface area contributed by atoms with Gasteiger partial charge in [-0.25, -0.2) is 0 Å². The fraction of sp³-hybridized carbons (Fsp3) is 1.00. The Bertz CT molecular complexity index is 517. The van der Waals surface area contributed by atoms with Crippen LogP contribution in [0.1, 0.15) is 168 Å². The molecule has 0 aromatic carbocycles. The van der Waals surface area contributed by atoms with Crippen LogP contribution in [0.25, 0.3) is 0 Å². The van der Waals surface area contributed by atoms with Crippen LogP contribution in [0.15, 0.2) is 0 Å². The van der Waals surface area contributed by atoms with Crippen molar-refractivity contribution in [2.45, 2.75) is 168 Å². The third-order valence-electron chi connectivity index (χ3n) is 8.81. The Morgan fingerprint density at radius 1 is 0.372 bits per heavy atom. The molecule has 0 bridgehead atoms. The maximum absolute atomic E-state index is 6.52. The molecule has 0 aromatic heterocycles. The first-order valence-corrected chi connectivity index (χ1v) is 19.3. The standard InChI is InChI=1S/C39H84N2O2/c1-9-11-13-15-16-17-18-19-20-22-27-31-35-43-38-39(36-40(3,4)5,37-41(6,7)8)32-28-24-21-23-26-30-34-42-33-29-25-14-12-10-2/h9-38H2,1-8H3/q+2. The van der Waals surface area contributed by atoms with Gasteiger partial charge in [0, 0.05) is 19.8 Å². The van der Waals surface area contributed by atoms with Gasteiger partial charge < -0.3 is 18.4 Å². The van der Waals surface area contributed by atoms with E-state index in [1.807, 2.05) is 0 Å². The van der Waals surface area contributed by atoms with E-state index < -0.39 is 0 Å². The van der Waals surface area contributed by atoms with E-state index >= 15 is 0 Å². The molecule has 0 atom stereocenters. The van der Waals surface area contributed by atoms with Crippen molar-refractivity contribution in [3.05, 3.63) is 0 Å². The van der Waals surface area contributed by atoms with Crippen LogP contribution in [-0.4, -0.2) is 90.8 Å². The van der Waals surface area contributed by atoms with Crippen LogP contribution in [0, 0.1) is 5.41 Å². The number of unbranched alkanes of at least 4 members (excludes halogenated alkanes) is 20. The molecule has 0 aliphatic rings. The Hall–Kier alpha value is -0.160. The zero-order valence-electron chi connectivity index (χ0n) is 31.4. The molecule has 0 aliphatic heterocycles. The molecule has 260 valence electrons. The van der Waals surface area contributed by atoms with E-state index in [1.54, 1.807) is 0 Å². The number of hydrogen-bond acceptors (Lipinski definition) is 2. The molecule has 0 heterocycles. The second kappa shape index (κ2) is 28.1. The number of nitrogens with zero attached hydrogens (tertiary/aromatic N) is 2. The molecule has 4 heteroatoms. The maximum atomic E-state index is 6.52. The molecule has 0 N–H and O–H groups in total. The lowest BCUT2D eigenvalue weighted by atomic mass is 9.81. The van der Waals surface area contributed by atoms with E-state index in [0.717, 1.165) is 35.4 Å². The quantitative estimate of drug-likeness (QED) is 0.0531. The summed E-state index contributed by atoms with van der Waals surface area (Å²) in [5.41, 5.74) is 0.249. The lowest BCUT2D eigenvalue weighted by molar-refractivity contribution is -0.903. The summed E-state index contributed by atoms with van der Waals surface area (Å²) in [5.74, 6) is 0. The molecule has 0 saturated carbocycles. The Labute approximate surface area is 273 Å². The van der Waals surface area contributed by atoms with Gasteiger partial charge in [-0.2, -0.15) is 0 Å². The summed E-state index contributed by atoms with van der Waals surface area (Å²) in [6.07, 6.45) is 32.7. The minimum atomic E-state index is 0.249. The average Bonchev–Trinajstić information content (AvgIpc) is 2.91. The molecule has 0 amide bonds. The highest BCUT2D eigenvalue weighted by atomic mass is 16.5. The van der Waals surface area contributed by atoms with Gasteiger partial charge in [-0.1, -0.05) is 142 Å². The molecular formula is C39H84N2O2+2. The van der Waals surface area contributed by atoms with Gasteiger partial charge in [-0.15, -0.1) is 0 Å². The molecule has 0 rings (SSSR count). The molecule has 43 heavy (non-hydrogen) atoms. The highest BCUT2D eigenvalue weighted by Gasteiger charge is 2.40. The number of quaternary nitrogens is 2. The smallest absolute Gasteiger partial charge is 0.0915 e. The molecular weight excluding hydrogens is 528 g/mol. The largest absolute Gasteiger partial charge is 0.381 e. The van der Waals surface area contributed by atoms with Crippen molar-refractivity contribution >= 4 is 0 Å². The maximum Gasteiger partial charge on any atom is 0.0915 e. The van der Waals surface area contributed by atoms with E-state index in [9.17, 15) is 0 Å². The predicted molar refractivity (Wildman–Crippen MR) is 192 cm³/mol. The second-order valence-electron chi connectivity index (χ2n) is 16.2. The van der Waals surface area contributed by atoms with E-state index in [2.05, 4.69) is 56.1 Å². The van der Waals surface area contributed by atoms with Crippen LogP contribution in [-0.2, 0) is 9.47 Å². The van der Waals surface area contributed by atoms with Gasteiger partial charge in [0.05, 0.1) is 67.4 Å². The first-order chi connectivity index (χ1) is 20.5. The molecule has 4 nitrogen and oxygen atoms in total. The number of hydrogen-bond donors (Lipinski definition) is 0. The highest BCUT2D eigenvalue weighted by Crippen LogP contribution is 2.31. The molecule has 0 unspecified atom stereocenters. The summed E-state index contributed by atoms with van der Waals surface area (Å²) >= 11 is 0. The van der Waals surface area contributed by atoms with E-state index in [-0.39, 0.29) is 5.41 Å². The first-order valence-electron chi connectivity index (χ1n) is 19.3. The zero-order chi connectivity index (χ0) is 32.1. The van der Waals surface area contributed by atoms with Crippen LogP contribution < -0.4 is 0 Å². The Balaban J connectivity index is 4.29. The Morgan fingerprint density at radius 2 is 0.674 bits per heavy atom. The molecule has 0 aliphatic carbocycles. The van der Waals surface area contributed by atoms with Crippen molar-refractivity contribution in [1.29, 1.82) is 0 Å². The van der Waals surface area contributed by atoms with Crippen LogP contribution in [0.4, 0.5) is 0 Å². The van der Waals surface area contributed by atoms with Crippen molar-refractivity contribution in [1.82, 2.24) is 0 Å². The van der Waals surface area contributed by atoms with Crippen LogP contribution in [0.5, 0.6) is 0 Å². The minimum Gasteiger partial charge on any atom is -0.381 e. The molecule has 0 aromatic rings. The lowest BCUT2D eigenvalue weighted by Crippen LogP contribution is -2.55. The van der Waals surface area contributed by atoms with Crippen molar-refractivity contribution in [3.8, 4) is 0 Å². The summed E-state index contributed by atoms with van der Waals surface area (Å²) in [6, 6.07) is 0. The minimum absolute atomic E-state index is 0.249. The summed E-state index contributed by atoms with van der Waals surface area (Å²) in [5, 5.41) is 0. The lowest BCUT2D eigenvalue weighted by Gasteiger charge is -2.42. The van der Waals surface area contributed by atoms with Crippen molar-refractivity contribution in [2.75, 3.05) is 81.8 Å². The van der Waals surface area contributed by atoms with Gasteiger partial charge in [0.1, 0.15) is 0 Å². The molecule has 0 saturated heterocycles. The van der Waals surface area contributed by atoms with Gasteiger partial charge in [-0.3, -0.25) is 0 Å². The Kier molecular flexibility index (Phi) is 28.0. The zero-order valence-corrected chi connectivity index (χ0v) is 31.4.